The highest BCUT2D eigenvalue weighted by molar-refractivity contribution is 5.68. The minimum atomic E-state index is -2.24. The maximum Gasteiger partial charge on any atom is 0.407 e. The number of aliphatic hydroxyl groups is 1. The summed E-state index contributed by atoms with van der Waals surface area (Å²) in [5, 5.41) is 11.4. The van der Waals surface area contributed by atoms with Gasteiger partial charge < -0.3 is 15.2 Å². The maximum atomic E-state index is 13.5. The third kappa shape index (κ3) is 5.05. The van der Waals surface area contributed by atoms with Crippen LogP contribution >= 0.6 is 0 Å². The first-order valence-corrected chi connectivity index (χ1v) is 7.08. The summed E-state index contributed by atoms with van der Waals surface area (Å²) in [7, 11) is 0. The fourth-order valence-electron chi connectivity index (χ4n) is 1.87. The molecule has 0 aliphatic carbocycles. The van der Waals surface area contributed by atoms with E-state index in [1.165, 1.54) is 0 Å². The van der Waals surface area contributed by atoms with E-state index in [9.17, 15) is 31.9 Å². The first-order chi connectivity index (χ1) is 11.0. The third-order valence-electron chi connectivity index (χ3n) is 2.98. The lowest BCUT2D eigenvalue weighted by Gasteiger charge is -2.22. The second kappa shape index (κ2) is 7.78. The van der Waals surface area contributed by atoms with Crippen molar-refractivity contribution in [3.8, 4) is 0 Å². The third-order valence-corrected chi connectivity index (χ3v) is 2.98. The molecule has 1 aromatic carbocycles. The number of carbonyl (C=O) groups is 1. The van der Waals surface area contributed by atoms with Gasteiger partial charge in [-0.1, -0.05) is 0 Å². The zero-order chi connectivity index (χ0) is 18.7. The topological polar surface area (TPSA) is 58.6 Å². The molecule has 1 rings (SSSR count). The summed E-state index contributed by atoms with van der Waals surface area (Å²) in [4.78, 5) is 11.6. The van der Waals surface area contributed by atoms with Crippen LogP contribution in [0.2, 0.25) is 0 Å². The lowest BCUT2D eigenvalue weighted by molar-refractivity contribution is 0.0479. The van der Waals surface area contributed by atoms with Gasteiger partial charge in [0.1, 0.15) is 5.60 Å². The van der Waals surface area contributed by atoms with Crippen molar-refractivity contribution in [2.45, 2.75) is 45.3 Å². The molecule has 0 heterocycles. The summed E-state index contributed by atoms with van der Waals surface area (Å²) in [5.74, 6) is -10.2. The Labute approximate surface area is 135 Å². The van der Waals surface area contributed by atoms with E-state index in [-0.39, 0.29) is 6.42 Å². The second-order valence-corrected chi connectivity index (χ2v) is 6.11. The average molecular weight is 355 g/mol. The number of alkyl carbamates (subject to hydrolysis) is 1. The van der Waals surface area contributed by atoms with Gasteiger partial charge in [0, 0.05) is 5.56 Å². The molecule has 0 spiro atoms. The summed E-state index contributed by atoms with van der Waals surface area (Å²) in [6.07, 6.45) is -1.71. The standard InChI is InChI=1S/C15H18F5NO3/c1-15(2,3)24-14(23)21-7(6-22)4-5-8-9(16)11(18)13(20)12(19)10(8)17/h7,22H,4-6H2,1-3H3,(H,21,23)/t7-/m0/s1. The molecular weight excluding hydrogens is 337 g/mol. The minimum Gasteiger partial charge on any atom is -0.444 e. The summed E-state index contributed by atoms with van der Waals surface area (Å²) >= 11 is 0. The largest absolute Gasteiger partial charge is 0.444 e. The second-order valence-electron chi connectivity index (χ2n) is 6.11. The lowest BCUT2D eigenvalue weighted by atomic mass is 10.0. The fourth-order valence-corrected chi connectivity index (χ4v) is 1.87. The zero-order valence-corrected chi connectivity index (χ0v) is 13.4. The van der Waals surface area contributed by atoms with Gasteiger partial charge in [-0.15, -0.1) is 0 Å². The minimum absolute atomic E-state index is 0.256. The van der Waals surface area contributed by atoms with Gasteiger partial charge >= 0.3 is 6.09 Å². The van der Waals surface area contributed by atoms with Crippen LogP contribution in [0, 0.1) is 29.1 Å². The Balaban J connectivity index is 2.82. The Morgan fingerprint density at radius 1 is 1.04 bits per heavy atom. The van der Waals surface area contributed by atoms with Crippen molar-refractivity contribution in [1.82, 2.24) is 5.32 Å². The first-order valence-electron chi connectivity index (χ1n) is 7.08. The molecule has 0 saturated heterocycles. The summed E-state index contributed by atoms with van der Waals surface area (Å²) in [5.41, 5.74) is -1.80. The molecule has 4 nitrogen and oxygen atoms in total. The number of amides is 1. The van der Waals surface area contributed by atoms with E-state index in [4.69, 9.17) is 4.74 Å². The molecule has 0 radical (unpaired) electrons. The number of carbonyl (C=O) groups excluding carboxylic acids is 1. The first kappa shape index (κ1) is 20.1. The molecule has 0 fully saturated rings. The molecular formula is C15H18F5NO3. The number of aliphatic hydroxyl groups excluding tert-OH is 1. The van der Waals surface area contributed by atoms with E-state index in [1.54, 1.807) is 20.8 Å². The molecule has 136 valence electrons. The number of hydrogen-bond acceptors (Lipinski definition) is 3. The molecule has 0 aliphatic heterocycles. The molecule has 0 unspecified atom stereocenters. The van der Waals surface area contributed by atoms with Gasteiger partial charge in [0.15, 0.2) is 23.3 Å². The van der Waals surface area contributed by atoms with Crippen LogP contribution < -0.4 is 5.32 Å². The SMILES string of the molecule is CC(C)(C)OC(=O)N[C@H](CO)CCc1c(F)c(F)c(F)c(F)c1F. The molecule has 0 bridgehead atoms. The normalized spacial score (nSPS) is 12.9. The van der Waals surface area contributed by atoms with Crippen LogP contribution in [0.1, 0.15) is 32.8 Å². The van der Waals surface area contributed by atoms with Crippen LogP contribution in [-0.4, -0.2) is 29.4 Å². The average Bonchev–Trinajstić information content (AvgIpc) is 2.47. The molecule has 1 aromatic rings. The predicted octanol–water partition coefficient (Wildman–Crippen LogP) is 3.20. The molecule has 0 aliphatic rings. The van der Waals surface area contributed by atoms with E-state index >= 15 is 0 Å². The molecule has 0 saturated carbocycles. The zero-order valence-electron chi connectivity index (χ0n) is 13.4. The molecule has 1 amide bonds. The number of ether oxygens (including phenoxy) is 1. The molecule has 1 atom stereocenters. The van der Waals surface area contributed by atoms with Crippen molar-refractivity contribution in [1.29, 1.82) is 0 Å². The van der Waals surface area contributed by atoms with Crippen molar-refractivity contribution < 1.29 is 36.6 Å². The summed E-state index contributed by atoms with van der Waals surface area (Å²) in [6, 6.07) is -0.977. The fraction of sp³-hybridized carbons (Fsp3) is 0.533. The molecule has 9 heteroatoms. The Bertz CT molecular complexity index is 587. The quantitative estimate of drug-likeness (QED) is 0.484. The van der Waals surface area contributed by atoms with Gasteiger partial charge in [-0.25, -0.2) is 26.7 Å². The van der Waals surface area contributed by atoms with Gasteiger partial charge in [-0.3, -0.25) is 0 Å². The van der Waals surface area contributed by atoms with Crippen molar-refractivity contribution in [2.75, 3.05) is 6.61 Å². The molecule has 0 aromatic heterocycles. The molecule has 2 N–H and O–H groups in total. The Morgan fingerprint density at radius 2 is 1.50 bits per heavy atom. The van der Waals surface area contributed by atoms with E-state index in [1.807, 2.05) is 0 Å². The van der Waals surface area contributed by atoms with Crippen molar-refractivity contribution in [3.63, 3.8) is 0 Å². The lowest BCUT2D eigenvalue weighted by Crippen LogP contribution is -2.41. The van der Waals surface area contributed by atoms with Gasteiger partial charge in [-0.2, -0.15) is 0 Å². The Hall–Kier alpha value is -1.90. The van der Waals surface area contributed by atoms with E-state index < -0.39 is 65.4 Å². The monoisotopic (exact) mass is 355 g/mol. The van der Waals surface area contributed by atoms with E-state index in [0.29, 0.717) is 0 Å². The highest BCUT2D eigenvalue weighted by atomic mass is 19.2. The number of hydrogen-bond donors (Lipinski definition) is 2. The van der Waals surface area contributed by atoms with Crippen LogP contribution in [0.3, 0.4) is 0 Å². The van der Waals surface area contributed by atoms with Crippen molar-refractivity contribution in [2.24, 2.45) is 0 Å². The predicted molar refractivity (Wildman–Crippen MR) is 74.8 cm³/mol. The summed E-state index contributed by atoms with van der Waals surface area (Å²) < 4.78 is 71.2. The Kier molecular flexibility index (Phi) is 6.53. The number of nitrogens with one attached hydrogen (secondary N) is 1. The van der Waals surface area contributed by atoms with E-state index in [2.05, 4.69) is 5.32 Å². The van der Waals surface area contributed by atoms with Gasteiger partial charge in [-0.05, 0) is 33.6 Å². The highest BCUT2D eigenvalue weighted by Gasteiger charge is 2.26. The van der Waals surface area contributed by atoms with Crippen LogP contribution in [-0.2, 0) is 11.2 Å². The van der Waals surface area contributed by atoms with Gasteiger partial charge in [0.2, 0.25) is 5.82 Å². The summed E-state index contributed by atoms with van der Waals surface area (Å²) in [6.45, 7) is 4.22. The van der Waals surface area contributed by atoms with Crippen molar-refractivity contribution >= 4 is 6.09 Å². The van der Waals surface area contributed by atoms with Gasteiger partial charge in [0.25, 0.3) is 0 Å². The number of benzene rings is 1. The van der Waals surface area contributed by atoms with E-state index in [0.717, 1.165) is 0 Å². The van der Waals surface area contributed by atoms with Gasteiger partial charge in [0.05, 0.1) is 12.6 Å². The maximum absolute atomic E-state index is 13.5. The smallest absolute Gasteiger partial charge is 0.407 e. The number of rotatable bonds is 5. The van der Waals surface area contributed by atoms with Crippen LogP contribution in [0.4, 0.5) is 26.7 Å². The van der Waals surface area contributed by atoms with Crippen LogP contribution in [0.25, 0.3) is 0 Å². The Morgan fingerprint density at radius 3 is 1.92 bits per heavy atom. The highest BCUT2D eigenvalue weighted by Crippen LogP contribution is 2.24. The van der Waals surface area contributed by atoms with Crippen LogP contribution in [0.15, 0.2) is 0 Å². The number of halogens is 5. The van der Waals surface area contributed by atoms with Crippen molar-refractivity contribution in [3.05, 3.63) is 34.6 Å². The molecule has 24 heavy (non-hydrogen) atoms. The van der Waals surface area contributed by atoms with Crippen LogP contribution in [0.5, 0.6) is 0 Å².